The number of rotatable bonds is 4. The number of nitrogens with two attached hydrogens (primary N) is 1. The van der Waals surface area contributed by atoms with Gasteiger partial charge in [0, 0.05) is 25.4 Å². The summed E-state index contributed by atoms with van der Waals surface area (Å²) in [5, 5.41) is 11.6. The van der Waals surface area contributed by atoms with Gasteiger partial charge >= 0.3 is 0 Å². The van der Waals surface area contributed by atoms with Crippen molar-refractivity contribution in [1.29, 1.82) is 0 Å². The number of fused-ring (bicyclic) bond motifs is 2. The molecule has 0 aromatic carbocycles. The Balaban J connectivity index is 1.89. The van der Waals surface area contributed by atoms with Crippen molar-refractivity contribution >= 4 is 11.7 Å². The van der Waals surface area contributed by atoms with Crippen molar-refractivity contribution in [3.8, 4) is 0 Å². The Hall–Kier alpha value is -1.26. The first-order valence-electron chi connectivity index (χ1n) is 6.75. The third-order valence-corrected chi connectivity index (χ3v) is 4.60. The van der Waals surface area contributed by atoms with Crippen LogP contribution in [0.15, 0.2) is 5.16 Å². The first-order valence-corrected chi connectivity index (χ1v) is 6.75. The number of carbonyl (C=O) groups is 1. The summed E-state index contributed by atoms with van der Waals surface area (Å²) in [6.07, 6.45) is 4.81. The van der Waals surface area contributed by atoms with Gasteiger partial charge in [-0.1, -0.05) is 18.5 Å². The Morgan fingerprint density at radius 3 is 2.72 bits per heavy atom. The van der Waals surface area contributed by atoms with E-state index in [4.69, 9.17) is 10.9 Å². The van der Waals surface area contributed by atoms with Crippen LogP contribution < -0.4 is 5.73 Å². The van der Waals surface area contributed by atoms with Crippen molar-refractivity contribution in [3.05, 3.63) is 0 Å². The zero-order valence-corrected chi connectivity index (χ0v) is 11.2. The quantitative estimate of drug-likeness (QED) is 0.343. The van der Waals surface area contributed by atoms with Gasteiger partial charge in [0.1, 0.15) is 5.84 Å². The topological polar surface area (TPSA) is 78.9 Å². The van der Waals surface area contributed by atoms with Crippen molar-refractivity contribution in [2.45, 2.75) is 32.6 Å². The highest BCUT2D eigenvalue weighted by molar-refractivity contribution is 5.84. The van der Waals surface area contributed by atoms with E-state index in [-0.39, 0.29) is 23.6 Å². The molecule has 102 valence electrons. The van der Waals surface area contributed by atoms with E-state index in [1.54, 1.807) is 4.90 Å². The zero-order chi connectivity index (χ0) is 13.3. The number of hydrogen-bond acceptors (Lipinski definition) is 3. The van der Waals surface area contributed by atoms with E-state index in [1.165, 1.54) is 19.3 Å². The number of amides is 1. The lowest BCUT2D eigenvalue weighted by Gasteiger charge is -2.28. The maximum atomic E-state index is 12.4. The minimum Gasteiger partial charge on any atom is -0.409 e. The predicted octanol–water partition coefficient (Wildman–Crippen LogP) is 1.26. The molecule has 2 aliphatic carbocycles. The van der Waals surface area contributed by atoms with E-state index in [9.17, 15) is 4.79 Å². The minimum atomic E-state index is -0.109. The van der Waals surface area contributed by atoms with E-state index in [2.05, 4.69) is 5.16 Å². The lowest BCUT2D eigenvalue weighted by atomic mass is 9.87. The van der Waals surface area contributed by atoms with Crippen molar-refractivity contribution < 1.29 is 10.0 Å². The lowest BCUT2D eigenvalue weighted by molar-refractivity contribution is -0.136. The summed E-state index contributed by atoms with van der Waals surface area (Å²) >= 11 is 0. The summed E-state index contributed by atoms with van der Waals surface area (Å²) in [7, 11) is 1.81. The number of nitrogens with zero attached hydrogens (tertiary/aromatic N) is 2. The Morgan fingerprint density at radius 2 is 2.22 bits per heavy atom. The lowest BCUT2D eigenvalue weighted by Crippen LogP contribution is -2.40. The average molecular weight is 253 g/mol. The second-order valence-electron chi connectivity index (χ2n) is 5.93. The van der Waals surface area contributed by atoms with Crippen molar-refractivity contribution in [2.24, 2.45) is 34.6 Å². The molecule has 0 spiro atoms. The molecule has 2 bridgehead atoms. The van der Waals surface area contributed by atoms with E-state index in [0.29, 0.717) is 12.5 Å². The molecule has 4 atom stereocenters. The van der Waals surface area contributed by atoms with Gasteiger partial charge in [0.05, 0.1) is 0 Å². The molecule has 0 saturated heterocycles. The van der Waals surface area contributed by atoms with Crippen LogP contribution in [0.2, 0.25) is 0 Å². The molecule has 0 aliphatic heterocycles. The molecule has 3 N–H and O–H groups in total. The smallest absolute Gasteiger partial charge is 0.225 e. The minimum absolute atomic E-state index is 0.109. The summed E-state index contributed by atoms with van der Waals surface area (Å²) in [5.74, 6) is 1.90. The fourth-order valence-electron chi connectivity index (χ4n) is 3.52. The monoisotopic (exact) mass is 253 g/mol. The first-order chi connectivity index (χ1) is 8.52. The molecular weight excluding hydrogens is 230 g/mol. The maximum Gasteiger partial charge on any atom is 0.225 e. The van der Waals surface area contributed by atoms with Gasteiger partial charge in [0.2, 0.25) is 5.91 Å². The van der Waals surface area contributed by atoms with E-state index in [0.717, 1.165) is 12.3 Å². The molecule has 2 rings (SSSR count). The average Bonchev–Trinajstić information content (AvgIpc) is 2.98. The van der Waals surface area contributed by atoms with Gasteiger partial charge in [-0.15, -0.1) is 0 Å². The van der Waals surface area contributed by atoms with Gasteiger partial charge in [-0.3, -0.25) is 4.79 Å². The van der Waals surface area contributed by atoms with E-state index in [1.807, 2.05) is 14.0 Å². The van der Waals surface area contributed by atoms with Crippen LogP contribution >= 0.6 is 0 Å². The molecule has 2 fully saturated rings. The largest absolute Gasteiger partial charge is 0.409 e. The number of amidine groups is 1. The van der Waals surface area contributed by atoms with E-state index < -0.39 is 0 Å². The molecule has 0 aromatic heterocycles. The second kappa shape index (κ2) is 5.16. The highest BCUT2D eigenvalue weighted by Crippen LogP contribution is 2.48. The van der Waals surface area contributed by atoms with Gasteiger partial charge < -0.3 is 15.8 Å². The standard InChI is InChI=1S/C13H23N3O2/c1-8(12(14)15-18)7-16(2)13(17)11-6-9-3-4-10(11)5-9/h8-11,18H,3-7H2,1-2H3,(H2,14,15). The Morgan fingerprint density at radius 1 is 1.50 bits per heavy atom. The summed E-state index contributed by atoms with van der Waals surface area (Å²) in [5.41, 5.74) is 5.54. The van der Waals surface area contributed by atoms with Gasteiger partial charge in [-0.25, -0.2) is 0 Å². The van der Waals surface area contributed by atoms with Crippen molar-refractivity contribution in [3.63, 3.8) is 0 Å². The number of oxime groups is 1. The third kappa shape index (κ3) is 2.44. The normalized spacial score (nSPS) is 32.6. The molecule has 5 heteroatoms. The molecule has 4 unspecified atom stereocenters. The predicted molar refractivity (Wildman–Crippen MR) is 69.1 cm³/mol. The van der Waals surface area contributed by atoms with Crippen molar-refractivity contribution in [2.75, 3.05) is 13.6 Å². The fraction of sp³-hybridized carbons (Fsp3) is 0.846. The van der Waals surface area contributed by atoms with E-state index >= 15 is 0 Å². The molecule has 18 heavy (non-hydrogen) atoms. The Bertz CT molecular complexity index is 356. The molecule has 5 nitrogen and oxygen atoms in total. The van der Waals surface area contributed by atoms with Gasteiger partial charge in [0.25, 0.3) is 0 Å². The van der Waals surface area contributed by atoms with Gasteiger partial charge in [-0.05, 0) is 31.1 Å². The SMILES string of the molecule is CC(CN(C)C(=O)C1CC2CCC1C2)/C(N)=N/O. The van der Waals surface area contributed by atoms with Gasteiger partial charge in [0.15, 0.2) is 0 Å². The Labute approximate surface area is 108 Å². The molecule has 0 aromatic rings. The van der Waals surface area contributed by atoms with Crippen LogP contribution in [-0.4, -0.2) is 35.4 Å². The van der Waals surface area contributed by atoms with Crippen LogP contribution in [0.3, 0.4) is 0 Å². The molecule has 2 aliphatic rings. The number of hydrogen-bond donors (Lipinski definition) is 2. The summed E-state index contributed by atoms with van der Waals surface area (Å²) in [6, 6.07) is 0. The summed E-state index contributed by atoms with van der Waals surface area (Å²) in [4.78, 5) is 14.1. The van der Waals surface area contributed by atoms with Crippen molar-refractivity contribution in [1.82, 2.24) is 4.90 Å². The molecule has 2 saturated carbocycles. The fourth-order valence-corrected chi connectivity index (χ4v) is 3.52. The van der Waals surface area contributed by atoms with Crippen LogP contribution in [-0.2, 0) is 4.79 Å². The zero-order valence-electron chi connectivity index (χ0n) is 11.2. The molecule has 0 heterocycles. The Kier molecular flexibility index (Phi) is 3.78. The first kappa shape index (κ1) is 13.2. The summed E-state index contributed by atoms with van der Waals surface area (Å²) in [6.45, 7) is 2.38. The number of carbonyl (C=O) groups excluding carboxylic acids is 1. The van der Waals surface area contributed by atoms with Crippen LogP contribution in [0.1, 0.15) is 32.6 Å². The van der Waals surface area contributed by atoms with Gasteiger partial charge in [-0.2, -0.15) is 0 Å². The van der Waals surface area contributed by atoms with Crippen LogP contribution in [0, 0.1) is 23.7 Å². The molecular formula is C13H23N3O2. The highest BCUT2D eigenvalue weighted by atomic mass is 16.4. The third-order valence-electron chi connectivity index (χ3n) is 4.60. The maximum absolute atomic E-state index is 12.4. The van der Waals surface area contributed by atoms with Crippen LogP contribution in [0.5, 0.6) is 0 Å². The molecule has 0 radical (unpaired) electrons. The second-order valence-corrected chi connectivity index (χ2v) is 5.93. The molecule has 1 amide bonds. The van der Waals surface area contributed by atoms with Crippen LogP contribution in [0.25, 0.3) is 0 Å². The summed E-state index contributed by atoms with van der Waals surface area (Å²) < 4.78 is 0. The highest BCUT2D eigenvalue weighted by Gasteiger charge is 2.43. The van der Waals surface area contributed by atoms with Crippen LogP contribution in [0.4, 0.5) is 0 Å².